The monoisotopic (exact) mass is 565 g/mol. The van der Waals surface area contributed by atoms with Crippen LogP contribution in [0, 0.1) is 0 Å². The van der Waals surface area contributed by atoms with Crippen LogP contribution in [0.25, 0.3) is 6.08 Å². The molecular weight excluding hydrogens is 538 g/mol. The van der Waals surface area contributed by atoms with Crippen molar-refractivity contribution >= 4 is 17.8 Å². The molecule has 6 rings (SSSR count). The SMILES string of the molecule is COc1cc(OC)c(OC)cc1/C=C1\Oc2c(ccc3c2[C@H](c2ccccc2OCc2ccccn2)CC(=O)O3)C1=O. The molecule has 212 valence electrons. The van der Waals surface area contributed by atoms with Gasteiger partial charge in [-0.3, -0.25) is 14.6 Å². The molecule has 9 nitrogen and oxygen atoms in total. The van der Waals surface area contributed by atoms with E-state index in [1.807, 2.05) is 42.5 Å². The third-order valence-electron chi connectivity index (χ3n) is 7.20. The van der Waals surface area contributed by atoms with E-state index >= 15 is 0 Å². The molecule has 0 spiro atoms. The summed E-state index contributed by atoms with van der Waals surface area (Å²) in [4.78, 5) is 30.6. The Hall–Kier alpha value is -5.31. The lowest BCUT2D eigenvalue weighted by Gasteiger charge is -2.27. The number of Topliss-reactive ketones (excluding diaryl/α,β-unsaturated/α-hetero) is 1. The van der Waals surface area contributed by atoms with Crippen molar-refractivity contribution in [2.75, 3.05) is 21.3 Å². The molecule has 0 fully saturated rings. The summed E-state index contributed by atoms with van der Waals surface area (Å²) >= 11 is 0. The lowest BCUT2D eigenvalue weighted by atomic mass is 9.84. The average Bonchev–Trinajstić information content (AvgIpc) is 3.34. The molecule has 9 heteroatoms. The number of pyridine rings is 1. The molecule has 3 heterocycles. The number of hydrogen-bond donors (Lipinski definition) is 0. The fourth-order valence-corrected chi connectivity index (χ4v) is 5.21. The van der Waals surface area contributed by atoms with Gasteiger partial charge >= 0.3 is 5.97 Å². The number of benzene rings is 3. The molecule has 1 atom stereocenters. The number of aromatic nitrogens is 1. The number of hydrogen-bond acceptors (Lipinski definition) is 9. The molecule has 0 saturated carbocycles. The van der Waals surface area contributed by atoms with Crippen LogP contribution in [-0.2, 0) is 11.4 Å². The smallest absolute Gasteiger partial charge is 0.312 e. The predicted octanol–water partition coefficient (Wildman–Crippen LogP) is 5.74. The summed E-state index contributed by atoms with van der Waals surface area (Å²) < 4.78 is 34.4. The minimum atomic E-state index is -0.473. The zero-order chi connectivity index (χ0) is 29.2. The second-order valence-electron chi connectivity index (χ2n) is 9.62. The van der Waals surface area contributed by atoms with E-state index in [1.165, 1.54) is 21.3 Å². The Kier molecular flexibility index (Phi) is 7.23. The zero-order valence-corrected chi connectivity index (χ0v) is 23.2. The van der Waals surface area contributed by atoms with Crippen LogP contribution in [0.3, 0.4) is 0 Å². The average molecular weight is 566 g/mol. The van der Waals surface area contributed by atoms with Gasteiger partial charge in [-0.1, -0.05) is 24.3 Å². The number of nitrogens with zero attached hydrogens (tertiary/aromatic N) is 1. The first kappa shape index (κ1) is 26.9. The first-order valence-corrected chi connectivity index (χ1v) is 13.2. The summed E-state index contributed by atoms with van der Waals surface area (Å²) in [6.45, 7) is 0.254. The van der Waals surface area contributed by atoms with E-state index in [1.54, 1.807) is 36.5 Å². The third kappa shape index (κ3) is 4.89. The molecule has 3 aromatic carbocycles. The van der Waals surface area contributed by atoms with Crippen molar-refractivity contribution in [2.24, 2.45) is 0 Å². The third-order valence-corrected chi connectivity index (χ3v) is 7.20. The van der Waals surface area contributed by atoms with Crippen molar-refractivity contribution in [3.05, 3.63) is 107 Å². The molecule has 0 unspecified atom stereocenters. The van der Waals surface area contributed by atoms with Crippen molar-refractivity contribution in [2.45, 2.75) is 18.9 Å². The minimum Gasteiger partial charge on any atom is -0.496 e. The molecule has 0 saturated heterocycles. The number of carbonyl (C=O) groups is 2. The van der Waals surface area contributed by atoms with Gasteiger partial charge < -0.3 is 28.4 Å². The fourth-order valence-electron chi connectivity index (χ4n) is 5.21. The van der Waals surface area contributed by atoms with Gasteiger partial charge in [-0.15, -0.1) is 0 Å². The van der Waals surface area contributed by atoms with Crippen LogP contribution in [0.1, 0.15) is 45.1 Å². The van der Waals surface area contributed by atoms with E-state index < -0.39 is 5.92 Å². The quantitative estimate of drug-likeness (QED) is 0.150. The molecule has 1 aromatic heterocycles. The summed E-state index contributed by atoms with van der Waals surface area (Å²) in [5, 5.41) is 0. The summed E-state index contributed by atoms with van der Waals surface area (Å²) in [6, 6.07) is 19.8. The van der Waals surface area contributed by atoms with Gasteiger partial charge in [-0.2, -0.15) is 0 Å². The van der Waals surface area contributed by atoms with Gasteiger partial charge in [-0.25, -0.2) is 0 Å². The highest BCUT2D eigenvalue weighted by Crippen LogP contribution is 2.50. The number of ketones is 1. The normalized spacial score (nSPS) is 16.3. The van der Waals surface area contributed by atoms with Crippen molar-refractivity contribution in [3.63, 3.8) is 0 Å². The first-order chi connectivity index (χ1) is 20.5. The van der Waals surface area contributed by atoms with Gasteiger partial charge in [0, 0.05) is 34.9 Å². The van der Waals surface area contributed by atoms with Crippen molar-refractivity contribution < 1.29 is 38.0 Å². The van der Waals surface area contributed by atoms with Crippen LogP contribution >= 0.6 is 0 Å². The summed E-state index contributed by atoms with van der Waals surface area (Å²) in [5.74, 6) is 1.65. The molecule has 2 aliphatic heterocycles. The van der Waals surface area contributed by atoms with Crippen molar-refractivity contribution in [3.8, 4) is 34.5 Å². The molecule has 4 aromatic rings. The van der Waals surface area contributed by atoms with E-state index in [4.69, 9.17) is 28.4 Å². The maximum atomic E-state index is 13.6. The minimum absolute atomic E-state index is 0.0491. The largest absolute Gasteiger partial charge is 0.496 e. The van der Waals surface area contributed by atoms with Crippen LogP contribution in [-0.4, -0.2) is 38.1 Å². The zero-order valence-electron chi connectivity index (χ0n) is 23.2. The van der Waals surface area contributed by atoms with E-state index in [0.29, 0.717) is 51.2 Å². The molecule has 0 amide bonds. The number of fused-ring (bicyclic) bond motifs is 3. The second kappa shape index (κ2) is 11.3. The molecule has 0 bridgehead atoms. The number of para-hydroxylation sites is 1. The molecule has 42 heavy (non-hydrogen) atoms. The molecule has 0 radical (unpaired) electrons. The van der Waals surface area contributed by atoms with E-state index in [-0.39, 0.29) is 30.5 Å². The molecule has 0 aliphatic carbocycles. The Morgan fingerprint density at radius 2 is 1.62 bits per heavy atom. The molecular formula is C33H27NO8. The maximum Gasteiger partial charge on any atom is 0.312 e. The number of allylic oxidation sites excluding steroid dienone is 1. The Morgan fingerprint density at radius 3 is 2.38 bits per heavy atom. The van der Waals surface area contributed by atoms with Crippen LogP contribution < -0.4 is 28.4 Å². The van der Waals surface area contributed by atoms with Crippen LogP contribution in [0.5, 0.6) is 34.5 Å². The first-order valence-electron chi connectivity index (χ1n) is 13.2. The van der Waals surface area contributed by atoms with Gasteiger partial charge in [-0.05, 0) is 42.5 Å². The van der Waals surface area contributed by atoms with Gasteiger partial charge in [0.15, 0.2) is 17.3 Å². The summed E-state index contributed by atoms with van der Waals surface area (Å²) in [6.07, 6.45) is 3.36. The Labute approximate surface area is 242 Å². The second-order valence-corrected chi connectivity index (χ2v) is 9.62. The van der Waals surface area contributed by atoms with Gasteiger partial charge in [0.05, 0.1) is 39.0 Å². The lowest BCUT2D eigenvalue weighted by molar-refractivity contribution is -0.135. The lowest BCUT2D eigenvalue weighted by Crippen LogP contribution is -2.22. The van der Waals surface area contributed by atoms with Crippen LogP contribution in [0.15, 0.2) is 78.7 Å². The maximum absolute atomic E-state index is 13.6. The standard InChI is InChI=1S/C33H27NO8/c1-37-26-17-28(39-3)27(38-2)14-19(26)15-29-32(36)22-11-12-25-31(33(22)42-29)23(16-30(35)41-25)21-9-4-5-10-24(21)40-18-20-8-6-7-13-34-20/h4-15,17,23H,16,18H2,1-3H3/b29-15-/t23-/m0/s1. The Bertz CT molecular complexity index is 1710. The number of rotatable bonds is 8. The Morgan fingerprint density at radius 1 is 0.857 bits per heavy atom. The number of carbonyl (C=O) groups excluding carboxylic acids is 2. The van der Waals surface area contributed by atoms with Crippen molar-refractivity contribution in [1.82, 2.24) is 4.98 Å². The topological polar surface area (TPSA) is 102 Å². The van der Waals surface area contributed by atoms with Gasteiger partial charge in [0.2, 0.25) is 5.78 Å². The van der Waals surface area contributed by atoms with Gasteiger partial charge in [0.25, 0.3) is 0 Å². The fraction of sp³-hybridized carbons (Fsp3) is 0.182. The van der Waals surface area contributed by atoms with E-state index in [2.05, 4.69) is 4.98 Å². The van der Waals surface area contributed by atoms with E-state index in [0.717, 1.165) is 11.3 Å². The van der Waals surface area contributed by atoms with Gasteiger partial charge in [0.1, 0.15) is 29.6 Å². The molecule has 2 aliphatic rings. The highest BCUT2D eigenvalue weighted by molar-refractivity contribution is 6.15. The highest BCUT2D eigenvalue weighted by atomic mass is 16.5. The van der Waals surface area contributed by atoms with Crippen molar-refractivity contribution in [1.29, 1.82) is 0 Å². The molecule has 0 N–H and O–H groups in total. The van der Waals surface area contributed by atoms with Crippen LogP contribution in [0.2, 0.25) is 0 Å². The highest BCUT2D eigenvalue weighted by Gasteiger charge is 2.39. The summed E-state index contributed by atoms with van der Waals surface area (Å²) in [7, 11) is 4.59. The number of ether oxygens (including phenoxy) is 6. The summed E-state index contributed by atoms with van der Waals surface area (Å²) in [5.41, 5.74) is 3.09. The Balaban J connectivity index is 1.40. The number of esters is 1. The van der Waals surface area contributed by atoms with Crippen LogP contribution in [0.4, 0.5) is 0 Å². The predicted molar refractivity (Wildman–Crippen MR) is 153 cm³/mol. The number of methoxy groups -OCH3 is 3. The van der Waals surface area contributed by atoms with E-state index in [9.17, 15) is 9.59 Å².